The number of rotatable bonds is 2. The van der Waals surface area contributed by atoms with Gasteiger partial charge in [0, 0.05) is 5.69 Å². The van der Waals surface area contributed by atoms with Gasteiger partial charge in [0.2, 0.25) is 5.91 Å². The highest BCUT2D eigenvalue weighted by Crippen LogP contribution is 2.29. The van der Waals surface area contributed by atoms with E-state index in [0.717, 1.165) is 16.3 Å². The standard InChI is InChI=1S/C20H17NO3S/c22-20-19(12-10-15-6-3-4-8-18(15)21-20)25(23,24)17-11-9-14-5-1-2-7-16(14)13-17/h1-9,11,13,19H,10,12H2,(H,21,22)/t19-/m1/s1. The van der Waals surface area contributed by atoms with Crippen LogP contribution in [0.2, 0.25) is 0 Å². The van der Waals surface area contributed by atoms with Gasteiger partial charge >= 0.3 is 0 Å². The third-order valence-corrected chi connectivity index (χ3v) is 6.78. The summed E-state index contributed by atoms with van der Waals surface area (Å²) in [5.74, 6) is -0.460. The molecule has 1 amide bonds. The maximum absolute atomic E-state index is 13.1. The van der Waals surface area contributed by atoms with Crippen LogP contribution < -0.4 is 5.32 Å². The molecule has 126 valence electrons. The average Bonchev–Trinajstić information content (AvgIpc) is 2.79. The monoisotopic (exact) mass is 351 g/mol. The van der Waals surface area contributed by atoms with Crippen LogP contribution in [0.4, 0.5) is 5.69 Å². The Bertz CT molecular complexity index is 1070. The van der Waals surface area contributed by atoms with Crippen LogP contribution >= 0.6 is 0 Å². The second-order valence-electron chi connectivity index (χ2n) is 6.23. The molecule has 4 nitrogen and oxygen atoms in total. The number of anilines is 1. The summed E-state index contributed by atoms with van der Waals surface area (Å²) in [6.45, 7) is 0. The lowest BCUT2D eigenvalue weighted by molar-refractivity contribution is -0.115. The third-order valence-electron chi connectivity index (χ3n) is 4.67. The number of amides is 1. The summed E-state index contributed by atoms with van der Waals surface area (Å²) in [5, 5.41) is 3.50. The van der Waals surface area contributed by atoms with E-state index in [0.29, 0.717) is 12.1 Å². The molecule has 0 spiro atoms. The predicted molar refractivity (Wildman–Crippen MR) is 98.3 cm³/mol. The number of hydrogen-bond donors (Lipinski definition) is 1. The van der Waals surface area contributed by atoms with E-state index in [1.54, 1.807) is 24.3 Å². The molecule has 1 heterocycles. The van der Waals surface area contributed by atoms with Gasteiger partial charge < -0.3 is 5.32 Å². The van der Waals surface area contributed by atoms with Crippen molar-refractivity contribution >= 4 is 32.2 Å². The number of aryl methyl sites for hydroxylation is 1. The molecule has 1 atom stereocenters. The molecule has 0 saturated heterocycles. The molecule has 1 aliphatic rings. The van der Waals surface area contributed by atoms with Crippen LogP contribution in [-0.4, -0.2) is 19.6 Å². The Hall–Kier alpha value is -2.66. The van der Waals surface area contributed by atoms with Crippen LogP contribution in [0.3, 0.4) is 0 Å². The van der Waals surface area contributed by atoms with Crippen LogP contribution in [0.25, 0.3) is 10.8 Å². The summed E-state index contributed by atoms with van der Waals surface area (Å²) < 4.78 is 26.2. The first kappa shape index (κ1) is 15.8. The highest BCUT2D eigenvalue weighted by atomic mass is 32.2. The van der Waals surface area contributed by atoms with Gasteiger partial charge in [0.15, 0.2) is 9.84 Å². The van der Waals surface area contributed by atoms with Crippen molar-refractivity contribution < 1.29 is 13.2 Å². The SMILES string of the molecule is O=C1Nc2ccccc2CC[C@H]1S(=O)(=O)c1ccc2ccccc2c1. The van der Waals surface area contributed by atoms with Crippen molar-refractivity contribution in [3.8, 4) is 0 Å². The van der Waals surface area contributed by atoms with E-state index >= 15 is 0 Å². The molecule has 25 heavy (non-hydrogen) atoms. The molecular weight excluding hydrogens is 334 g/mol. The van der Waals surface area contributed by atoms with E-state index < -0.39 is 21.0 Å². The maximum Gasteiger partial charge on any atom is 0.243 e. The zero-order valence-corrected chi connectivity index (χ0v) is 14.3. The minimum Gasteiger partial charge on any atom is -0.325 e. The zero-order chi connectivity index (χ0) is 17.4. The molecule has 0 radical (unpaired) electrons. The van der Waals surface area contributed by atoms with Crippen LogP contribution in [0, 0.1) is 0 Å². The average molecular weight is 351 g/mol. The number of nitrogens with one attached hydrogen (secondary N) is 1. The van der Waals surface area contributed by atoms with E-state index in [1.165, 1.54) is 0 Å². The molecule has 0 aromatic heterocycles. The van der Waals surface area contributed by atoms with Crippen LogP contribution in [0.1, 0.15) is 12.0 Å². The molecular formula is C20H17NO3S. The van der Waals surface area contributed by atoms with Gasteiger partial charge in [0.25, 0.3) is 0 Å². The summed E-state index contributed by atoms with van der Waals surface area (Å²) in [6.07, 6.45) is 0.824. The lowest BCUT2D eigenvalue weighted by atomic mass is 10.1. The van der Waals surface area contributed by atoms with Crippen molar-refractivity contribution in [2.24, 2.45) is 0 Å². The highest BCUT2D eigenvalue weighted by molar-refractivity contribution is 7.92. The fourth-order valence-corrected chi connectivity index (χ4v) is 4.94. The maximum atomic E-state index is 13.1. The number of para-hydroxylation sites is 1. The van der Waals surface area contributed by atoms with Crippen molar-refractivity contribution in [2.75, 3.05) is 5.32 Å². The number of sulfone groups is 1. The Morgan fingerprint density at radius 1 is 0.880 bits per heavy atom. The Morgan fingerprint density at radius 2 is 1.60 bits per heavy atom. The topological polar surface area (TPSA) is 63.2 Å². The van der Waals surface area contributed by atoms with Gasteiger partial charge in [0.1, 0.15) is 5.25 Å². The molecule has 0 aliphatic carbocycles. The van der Waals surface area contributed by atoms with Crippen molar-refractivity contribution in [2.45, 2.75) is 23.0 Å². The van der Waals surface area contributed by atoms with Crippen molar-refractivity contribution in [3.63, 3.8) is 0 Å². The van der Waals surface area contributed by atoms with Gasteiger partial charge in [-0.2, -0.15) is 0 Å². The summed E-state index contributed by atoms with van der Waals surface area (Å²) in [7, 11) is -3.76. The fourth-order valence-electron chi connectivity index (χ4n) is 3.30. The van der Waals surface area contributed by atoms with Crippen molar-refractivity contribution in [1.82, 2.24) is 0 Å². The molecule has 3 aromatic rings. The normalized spacial score (nSPS) is 17.6. The molecule has 3 aromatic carbocycles. The molecule has 0 fully saturated rings. The summed E-state index contributed by atoms with van der Waals surface area (Å²) in [6, 6.07) is 20.0. The second kappa shape index (κ2) is 6.01. The fraction of sp³-hybridized carbons (Fsp3) is 0.150. The quantitative estimate of drug-likeness (QED) is 0.768. The largest absolute Gasteiger partial charge is 0.325 e. The number of carbonyl (C=O) groups is 1. The number of carbonyl (C=O) groups excluding carboxylic acids is 1. The molecule has 1 aliphatic heterocycles. The number of benzene rings is 3. The van der Waals surface area contributed by atoms with Crippen LogP contribution in [0.5, 0.6) is 0 Å². The lowest BCUT2D eigenvalue weighted by Crippen LogP contribution is -2.34. The van der Waals surface area contributed by atoms with E-state index in [-0.39, 0.29) is 11.3 Å². The molecule has 4 rings (SSSR count). The smallest absolute Gasteiger partial charge is 0.243 e. The molecule has 0 unspecified atom stereocenters. The Kier molecular flexibility index (Phi) is 3.81. The molecule has 0 bridgehead atoms. The van der Waals surface area contributed by atoms with Gasteiger partial charge in [-0.1, -0.05) is 48.5 Å². The molecule has 0 saturated carbocycles. The van der Waals surface area contributed by atoms with E-state index in [2.05, 4.69) is 5.32 Å². The van der Waals surface area contributed by atoms with Crippen molar-refractivity contribution in [3.05, 3.63) is 72.3 Å². The first-order valence-corrected chi connectivity index (χ1v) is 9.72. The lowest BCUT2D eigenvalue weighted by Gasteiger charge is -2.15. The van der Waals surface area contributed by atoms with Gasteiger partial charge in [-0.3, -0.25) is 4.79 Å². The summed E-state index contributed by atoms with van der Waals surface area (Å²) in [4.78, 5) is 12.8. The van der Waals surface area contributed by atoms with E-state index in [4.69, 9.17) is 0 Å². The highest BCUT2D eigenvalue weighted by Gasteiger charge is 2.35. The van der Waals surface area contributed by atoms with Gasteiger partial charge in [-0.25, -0.2) is 8.42 Å². The molecule has 5 heteroatoms. The zero-order valence-electron chi connectivity index (χ0n) is 13.5. The molecule has 1 N–H and O–H groups in total. The Morgan fingerprint density at radius 3 is 2.44 bits per heavy atom. The summed E-state index contributed by atoms with van der Waals surface area (Å²) in [5.41, 5.74) is 1.66. The van der Waals surface area contributed by atoms with Gasteiger partial charge in [0.05, 0.1) is 4.90 Å². The number of fused-ring (bicyclic) bond motifs is 2. The minimum atomic E-state index is -3.76. The van der Waals surface area contributed by atoms with Crippen molar-refractivity contribution in [1.29, 1.82) is 0 Å². The predicted octanol–water partition coefficient (Wildman–Crippen LogP) is 3.57. The minimum absolute atomic E-state index is 0.192. The van der Waals surface area contributed by atoms with Gasteiger partial charge in [-0.15, -0.1) is 0 Å². The van der Waals surface area contributed by atoms with Crippen LogP contribution in [0.15, 0.2) is 71.6 Å². The van der Waals surface area contributed by atoms with E-state index in [1.807, 2.05) is 42.5 Å². The Labute approximate surface area is 146 Å². The second-order valence-corrected chi connectivity index (χ2v) is 8.36. The first-order valence-electron chi connectivity index (χ1n) is 8.17. The Balaban J connectivity index is 1.73. The number of hydrogen-bond acceptors (Lipinski definition) is 3. The third kappa shape index (κ3) is 2.81. The van der Waals surface area contributed by atoms with E-state index in [9.17, 15) is 13.2 Å². The summed E-state index contributed by atoms with van der Waals surface area (Å²) >= 11 is 0. The van der Waals surface area contributed by atoms with Gasteiger partial charge in [-0.05, 0) is 47.4 Å². The first-order chi connectivity index (χ1) is 12.1. The van der Waals surface area contributed by atoms with Crippen LogP contribution in [-0.2, 0) is 21.1 Å².